The predicted molar refractivity (Wildman–Crippen MR) is 78.9 cm³/mol. The Morgan fingerprint density at radius 1 is 1.38 bits per heavy atom. The Bertz CT molecular complexity index is 571. The minimum atomic E-state index is -1.03. The van der Waals surface area contributed by atoms with Crippen LogP contribution in [0.15, 0.2) is 24.5 Å². The lowest BCUT2D eigenvalue weighted by Crippen LogP contribution is -2.52. The molecule has 6 heteroatoms. The maximum atomic E-state index is 12.5. The molecule has 1 atom stereocenters. The van der Waals surface area contributed by atoms with Gasteiger partial charge in [-0.1, -0.05) is 0 Å². The highest BCUT2D eigenvalue weighted by atomic mass is 16.4. The van der Waals surface area contributed by atoms with E-state index in [0.717, 1.165) is 19.2 Å². The highest BCUT2D eigenvalue weighted by Gasteiger charge is 2.26. The third-order valence-corrected chi connectivity index (χ3v) is 3.52. The number of carbonyl (C=O) groups is 2. The van der Waals surface area contributed by atoms with E-state index < -0.39 is 5.97 Å². The van der Waals surface area contributed by atoms with Crippen LogP contribution in [-0.4, -0.2) is 64.5 Å². The van der Waals surface area contributed by atoms with E-state index in [1.54, 1.807) is 6.07 Å². The van der Waals surface area contributed by atoms with Crippen LogP contribution in [0.4, 0.5) is 0 Å². The van der Waals surface area contributed by atoms with Gasteiger partial charge in [-0.15, -0.1) is 0 Å². The monoisotopic (exact) mass is 289 g/mol. The minimum Gasteiger partial charge on any atom is -0.478 e. The van der Waals surface area contributed by atoms with E-state index in [0.29, 0.717) is 17.7 Å². The number of carboxylic acid groups (broad SMARTS) is 1. The summed E-state index contributed by atoms with van der Waals surface area (Å²) in [5.74, 6) is -1.09. The van der Waals surface area contributed by atoms with Crippen LogP contribution < -0.4 is 0 Å². The summed E-state index contributed by atoms with van der Waals surface area (Å²) in [6, 6.07) is 1.81. The Morgan fingerprint density at radius 3 is 2.81 bits per heavy atom. The van der Waals surface area contributed by atoms with Gasteiger partial charge >= 0.3 is 5.97 Å². The van der Waals surface area contributed by atoms with Gasteiger partial charge in [0.25, 0.3) is 5.91 Å². The lowest BCUT2D eigenvalue weighted by molar-refractivity contribution is -0.131. The molecule has 1 aromatic heterocycles. The van der Waals surface area contributed by atoms with Gasteiger partial charge in [-0.2, -0.15) is 0 Å². The number of hydrogen-bond acceptors (Lipinski definition) is 4. The highest BCUT2D eigenvalue weighted by Crippen LogP contribution is 2.14. The summed E-state index contributed by atoms with van der Waals surface area (Å²) in [7, 11) is 2.04. The van der Waals surface area contributed by atoms with Gasteiger partial charge in [-0.25, -0.2) is 4.79 Å². The van der Waals surface area contributed by atoms with E-state index in [4.69, 9.17) is 5.11 Å². The van der Waals surface area contributed by atoms with E-state index in [1.807, 2.05) is 18.9 Å². The number of nitrogens with zero attached hydrogens (tertiary/aromatic N) is 3. The average molecular weight is 289 g/mol. The topological polar surface area (TPSA) is 73.7 Å². The van der Waals surface area contributed by atoms with Crippen LogP contribution in [0.3, 0.4) is 0 Å². The Kier molecular flexibility index (Phi) is 4.70. The molecular weight excluding hydrogens is 270 g/mol. The number of pyridine rings is 1. The first-order valence-corrected chi connectivity index (χ1v) is 6.83. The summed E-state index contributed by atoms with van der Waals surface area (Å²) in [5, 5.41) is 8.63. The summed E-state index contributed by atoms with van der Waals surface area (Å²) >= 11 is 0. The van der Waals surface area contributed by atoms with Gasteiger partial charge < -0.3 is 14.9 Å². The fourth-order valence-electron chi connectivity index (χ4n) is 2.44. The maximum Gasteiger partial charge on any atom is 0.328 e. The van der Waals surface area contributed by atoms with Crippen LogP contribution in [0.5, 0.6) is 0 Å². The number of amides is 1. The molecule has 1 aromatic rings. The molecule has 0 bridgehead atoms. The number of aliphatic carboxylic acids is 1. The Hall–Kier alpha value is -2.21. The molecule has 112 valence electrons. The molecule has 1 N–H and O–H groups in total. The second-order valence-corrected chi connectivity index (χ2v) is 5.29. The fraction of sp³-hybridized carbons (Fsp3) is 0.400. The molecule has 0 saturated carbocycles. The molecule has 0 radical (unpaired) electrons. The Morgan fingerprint density at radius 2 is 2.14 bits per heavy atom. The van der Waals surface area contributed by atoms with Gasteiger partial charge in [0, 0.05) is 44.1 Å². The average Bonchev–Trinajstić information content (AvgIpc) is 2.45. The summed E-state index contributed by atoms with van der Waals surface area (Å²) in [4.78, 5) is 31.1. The maximum absolute atomic E-state index is 12.5. The van der Waals surface area contributed by atoms with Crippen LogP contribution in [0.25, 0.3) is 6.08 Å². The van der Waals surface area contributed by atoms with Crippen LogP contribution in [0, 0.1) is 0 Å². The van der Waals surface area contributed by atoms with Crippen LogP contribution in [0.2, 0.25) is 0 Å². The van der Waals surface area contributed by atoms with Crippen molar-refractivity contribution in [1.82, 2.24) is 14.8 Å². The molecule has 6 nitrogen and oxygen atoms in total. The normalized spacial score (nSPS) is 19.9. The number of rotatable bonds is 3. The smallest absolute Gasteiger partial charge is 0.328 e. The molecular formula is C15H19N3O3. The molecule has 2 rings (SSSR count). The van der Waals surface area contributed by atoms with E-state index in [-0.39, 0.29) is 11.9 Å². The molecule has 2 heterocycles. The number of carboxylic acids is 1. The van der Waals surface area contributed by atoms with Gasteiger partial charge in [-0.05, 0) is 31.7 Å². The molecule has 0 spiro atoms. The van der Waals surface area contributed by atoms with Gasteiger partial charge in [0.1, 0.15) is 0 Å². The highest BCUT2D eigenvalue weighted by molar-refractivity contribution is 5.95. The Balaban J connectivity index is 2.16. The van der Waals surface area contributed by atoms with Gasteiger partial charge in [0.05, 0.1) is 5.56 Å². The van der Waals surface area contributed by atoms with Crippen molar-refractivity contribution in [2.45, 2.75) is 13.0 Å². The first-order valence-electron chi connectivity index (χ1n) is 6.83. The number of aromatic nitrogens is 1. The third kappa shape index (κ3) is 3.88. The minimum absolute atomic E-state index is 0.0614. The summed E-state index contributed by atoms with van der Waals surface area (Å²) in [6.45, 7) is 4.40. The van der Waals surface area contributed by atoms with E-state index in [2.05, 4.69) is 9.88 Å². The fourth-order valence-corrected chi connectivity index (χ4v) is 2.44. The van der Waals surface area contributed by atoms with Crippen LogP contribution in [0.1, 0.15) is 22.8 Å². The molecule has 1 aliphatic heterocycles. The number of likely N-dealkylation sites (N-methyl/N-ethyl adjacent to an activating group) is 1. The van der Waals surface area contributed by atoms with Crippen molar-refractivity contribution in [3.8, 4) is 0 Å². The SMILES string of the molecule is CC1CN(C)CCN1C(=O)c1cncc(/C=C/C(=O)O)c1. The molecule has 1 unspecified atom stereocenters. The van der Waals surface area contributed by atoms with E-state index in [9.17, 15) is 9.59 Å². The molecule has 1 fully saturated rings. The second kappa shape index (κ2) is 6.49. The molecule has 0 aliphatic carbocycles. The van der Waals surface area contributed by atoms with E-state index in [1.165, 1.54) is 18.5 Å². The third-order valence-electron chi connectivity index (χ3n) is 3.52. The summed E-state index contributed by atoms with van der Waals surface area (Å²) in [6.07, 6.45) is 5.51. The molecule has 21 heavy (non-hydrogen) atoms. The van der Waals surface area contributed by atoms with Crippen LogP contribution in [-0.2, 0) is 4.79 Å². The molecule has 0 aromatic carbocycles. The first-order chi connectivity index (χ1) is 9.97. The van der Waals surface area contributed by atoms with Gasteiger partial charge in [-0.3, -0.25) is 9.78 Å². The van der Waals surface area contributed by atoms with Crippen molar-refractivity contribution in [3.05, 3.63) is 35.7 Å². The van der Waals surface area contributed by atoms with Gasteiger partial charge in [0.15, 0.2) is 0 Å². The van der Waals surface area contributed by atoms with Crippen molar-refractivity contribution in [2.75, 3.05) is 26.7 Å². The van der Waals surface area contributed by atoms with Crippen LogP contribution >= 0.6 is 0 Å². The summed E-state index contributed by atoms with van der Waals surface area (Å²) < 4.78 is 0. The van der Waals surface area contributed by atoms with Gasteiger partial charge in [0.2, 0.25) is 0 Å². The number of carbonyl (C=O) groups excluding carboxylic acids is 1. The largest absolute Gasteiger partial charge is 0.478 e. The van der Waals surface area contributed by atoms with Crippen molar-refractivity contribution in [3.63, 3.8) is 0 Å². The first kappa shape index (κ1) is 15.2. The lowest BCUT2D eigenvalue weighted by atomic mass is 10.1. The zero-order valence-electron chi connectivity index (χ0n) is 12.2. The van der Waals surface area contributed by atoms with Crippen molar-refractivity contribution in [2.24, 2.45) is 0 Å². The second-order valence-electron chi connectivity index (χ2n) is 5.29. The van der Waals surface area contributed by atoms with E-state index >= 15 is 0 Å². The standard InChI is InChI=1S/C15H19N3O3/c1-11-10-17(2)5-6-18(11)15(21)13-7-12(8-16-9-13)3-4-14(19)20/h3-4,7-9,11H,5-6,10H2,1-2H3,(H,19,20)/b4-3+. The van der Waals surface area contributed by atoms with Crippen molar-refractivity contribution < 1.29 is 14.7 Å². The molecule has 1 saturated heterocycles. The van der Waals surface area contributed by atoms with Crippen molar-refractivity contribution >= 4 is 18.0 Å². The summed E-state index contributed by atoms with van der Waals surface area (Å²) in [5.41, 5.74) is 1.09. The number of piperazine rings is 1. The zero-order chi connectivity index (χ0) is 15.4. The molecule has 1 amide bonds. The predicted octanol–water partition coefficient (Wildman–Crippen LogP) is 0.956. The van der Waals surface area contributed by atoms with Crippen molar-refractivity contribution in [1.29, 1.82) is 0 Å². The lowest BCUT2D eigenvalue weighted by Gasteiger charge is -2.38. The number of hydrogen-bond donors (Lipinski definition) is 1. The quantitative estimate of drug-likeness (QED) is 0.839. The Labute approximate surface area is 123 Å². The molecule has 1 aliphatic rings. The zero-order valence-corrected chi connectivity index (χ0v) is 12.2.